The first-order valence-electron chi connectivity index (χ1n) is 6.65. The summed E-state index contributed by atoms with van der Waals surface area (Å²) in [6, 6.07) is 6.26. The molecule has 5 nitrogen and oxygen atoms in total. The summed E-state index contributed by atoms with van der Waals surface area (Å²) in [5.41, 5.74) is 1.08. The van der Waals surface area contributed by atoms with Crippen LogP contribution in [0.3, 0.4) is 0 Å². The second-order valence-electron chi connectivity index (χ2n) is 4.91. The maximum absolute atomic E-state index is 6.10. The first-order chi connectivity index (χ1) is 9.81. The first-order valence-corrected chi connectivity index (χ1v) is 7.03. The van der Waals surface area contributed by atoms with Crippen LogP contribution in [-0.2, 0) is 6.54 Å². The summed E-state index contributed by atoms with van der Waals surface area (Å²) in [6.45, 7) is 2.87. The molecule has 20 heavy (non-hydrogen) atoms. The van der Waals surface area contributed by atoms with Crippen molar-refractivity contribution >= 4 is 17.4 Å². The fraction of sp³-hybridized carbons (Fsp3) is 0.357. The van der Waals surface area contributed by atoms with E-state index in [1.807, 2.05) is 18.2 Å². The lowest BCUT2D eigenvalue weighted by atomic mass is 10.2. The summed E-state index contributed by atoms with van der Waals surface area (Å²) in [4.78, 5) is 14.6. The predicted molar refractivity (Wildman–Crippen MR) is 78.6 cm³/mol. The SMILES string of the molecule is Clc1ncccc1CN1CCC(Nc2ccncn2)C1. The summed E-state index contributed by atoms with van der Waals surface area (Å²) in [6.07, 6.45) is 6.12. The van der Waals surface area contributed by atoms with E-state index in [1.165, 1.54) is 0 Å². The molecule has 3 rings (SSSR count). The average Bonchev–Trinajstić information content (AvgIpc) is 2.90. The van der Waals surface area contributed by atoms with E-state index in [2.05, 4.69) is 25.2 Å². The number of nitrogens with one attached hydrogen (secondary N) is 1. The largest absolute Gasteiger partial charge is 0.366 e. The molecule has 1 N–H and O–H groups in total. The number of hydrogen-bond donors (Lipinski definition) is 1. The number of pyridine rings is 1. The monoisotopic (exact) mass is 289 g/mol. The van der Waals surface area contributed by atoms with Crippen molar-refractivity contribution < 1.29 is 0 Å². The van der Waals surface area contributed by atoms with Crippen LogP contribution < -0.4 is 5.32 Å². The fourth-order valence-electron chi connectivity index (χ4n) is 2.46. The van der Waals surface area contributed by atoms with Crippen molar-refractivity contribution in [2.24, 2.45) is 0 Å². The second-order valence-corrected chi connectivity index (χ2v) is 5.27. The minimum Gasteiger partial charge on any atom is -0.366 e. The number of likely N-dealkylation sites (tertiary alicyclic amines) is 1. The maximum Gasteiger partial charge on any atom is 0.133 e. The number of hydrogen-bond acceptors (Lipinski definition) is 5. The summed E-state index contributed by atoms with van der Waals surface area (Å²) in [5, 5.41) is 4.03. The van der Waals surface area contributed by atoms with Crippen molar-refractivity contribution in [2.75, 3.05) is 18.4 Å². The highest BCUT2D eigenvalue weighted by atomic mass is 35.5. The summed E-state index contributed by atoms with van der Waals surface area (Å²) < 4.78 is 0. The Morgan fingerprint density at radius 3 is 3.05 bits per heavy atom. The molecule has 1 aliphatic heterocycles. The van der Waals surface area contributed by atoms with Gasteiger partial charge in [0.05, 0.1) is 0 Å². The van der Waals surface area contributed by atoms with E-state index in [0.717, 1.165) is 37.4 Å². The van der Waals surface area contributed by atoms with E-state index in [-0.39, 0.29) is 0 Å². The van der Waals surface area contributed by atoms with Gasteiger partial charge in [0.15, 0.2) is 0 Å². The Labute approximate surface area is 123 Å². The molecule has 0 bridgehead atoms. The van der Waals surface area contributed by atoms with Crippen molar-refractivity contribution in [3.05, 3.63) is 47.6 Å². The topological polar surface area (TPSA) is 53.9 Å². The zero-order valence-electron chi connectivity index (χ0n) is 11.0. The second kappa shape index (κ2) is 6.15. The molecule has 0 aliphatic carbocycles. The van der Waals surface area contributed by atoms with Crippen LogP contribution in [-0.4, -0.2) is 39.0 Å². The normalized spacial score (nSPS) is 19.1. The van der Waals surface area contributed by atoms with Gasteiger partial charge in [-0.25, -0.2) is 15.0 Å². The number of halogens is 1. The van der Waals surface area contributed by atoms with E-state index in [1.54, 1.807) is 18.7 Å². The van der Waals surface area contributed by atoms with Gasteiger partial charge in [-0.1, -0.05) is 17.7 Å². The molecular weight excluding hydrogens is 274 g/mol. The first kappa shape index (κ1) is 13.3. The molecule has 2 aromatic rings. The van der Waals surface area contributed by atoms with E-state index >= 15 is 0 Å². The van der Waals surface area contributed by atoms with Crippen molar-refractivity contribution in [1.29, 1.82) is 0 Å². The molecule has 0 radical (unpaired) electrons. The van der Waals surface area contributed by atoms with Crippen LogP contribution in [0.1, 0.15) is 12.0 Å². The van der Waals surface area contributed by atoms with Gasteiger partial charge in [0.25, 0.3) is 0 Å². The highest BCUT2D eigenvalue weighted by Gasteiger charge is 2.23. The molecule has 0 saturated carbocycles. The van der Waals surface area contributed by atoms with Crippen molar-refractivity contribution in [2.45, 2.75) is 19.0 Å². The van der Waals surface area contributed by atoms with E-state index in [9.17, 15) is 0 Å². The molecular formula is C14H16ClN5. The van der Waals surface area contributed by atoms with Crippen LogP contribution in [0.15, 0.2) is 36.9 Å². The predicted octanol–water partition coefficient (Wildman–Crippen LogP) is 2.21. The van der Waals surface area contributed by atoms with Crippen LogP contribution in [0.4, 0.5) is 5.82 Å². The third kappa shape index (κ3) is 3.23. The highest BCUT2D eigenvalue weighted by Crippen LogP contribution is 2.19. The number of nitrogens with zero attached hydrogens (tertiary/aromatic N) is 4. The maximum atomic E-state index is 6.10. The zero-order valence-corrected chi connectivity index (χ0v) is 11.8. The number of aromatic nitrogens is 3. The Bertz CT molecular complexity index is 563. The lowest BCUT2D eigenvalue weighted by molar-refractivity contribution is 0.328. The van der Waals surface area contributed by atoms with Gasteiger partial charge in [-0.05, 0) is 18.6 Å². The molecule has 6 heteroatoms. The molecule has 0 spiro atoms. The average molecular weight is 290 g/mol. The third-order valence-electron chi connectivity index (χ3n) is 3.44. The minimum atomic E-state index is 0.417. The standard InChI is InChI=1S/C14H16ClN5/c15-14-11(2-1-5-17-14)8-20-7-4-12(9-20)19-13-3-6-16-10-18-13/h1-3,5-6,10,12H,4,7-9H2,(H,16,18,19). The smallest absolute Gasteiger partial charge is 0.133 e. The van der Waals surface area contributed by atoms with Gasteiger partial charge in [0, 0.05) is 43.6 Å². The Balaban J connectivity index is 1.56. The van der Waals surface area contributed by atoms with Crippen LogP contribution >= 0.6 is 11.6 Å². The molecule has 3 heterocycles. The number of anilines is 1. The van der Waals surface area contributed by atoms with Gasteiger partial charge in [0.2, 0.25) is 0 Å². The Kier molecular flexibility index (Phi) is 4.08. The van der Waals surface area contributed by atoms with Crippen LogP contribution in [0.2, 0.25) is 5.15 Å². The molecule has 1 fully saturated rings. The Morgan fingerprint density at radius 2 is 2.25 bits per heavy atom. The van der Waals surface area contributed by atoms with Gasteiger partial charge in [-0.15, -0.1) is 0 Å². The fourth-order valence-corrected chi connectivity index (χ4v) is 2.64. The molecule has 1 aliphatic rings. The summed E-state index contributed by atoms with van der Waals surface area (Å²) >= 11 is 6.10. The quantitative estimate of drug-likeness (QED) is 0.875. The molecule has 0 amide bonds. The lowest BCUT2D eigenvalue weighted by Crippen LogP contribution is -2.26. The molecule has 1 unspecified atom stereocenters. The summed E-state index contributed by atoms with van der Waals surface area (Å²) in [7, 11) is 0. The third-order valence-corrected chi connectivity index (χ3v) is 3.78. The highest BCUT2D eigenvalue weighted by molar-refractivity contribution is 6.30. The van der Waals surface area contributed by atoms with Crippen molar-refractivity contribution in [3.63, 3.8) is 0 Å². The van der Waals surface area contributed by atoms with Crippen molar-refractivity contribution in [1.82, 2.24) is 19.9 Å². The van der Waals surface area contributed by atoms with Crippen LogP contribution in [0, 0.1) is 0 Å². The lowest BCUT2D eigenvalue weighted by Gasteiger charge is -2.17. The molecule has 2 aromatic heterocycles. The summed E-state index contributed by atoms with van der Waals surface area (Å²) in [5.74, 6) is 0.881. The molecule has 0 aromatic carbocycles. The van der Waals surface area contributed by atoms with E-state index in [0.29, 0.717) is 11.2 Å². The molecule has 1 atom stereocenters. The molecule has 104 valence electrons. The van der Waals surface area contributed by atoms with Gasteiger partial charge in [-0.3, -0.25) is 4.90 Å². The van der Waals surface area contributed by atoms with E-state index < -0.39 is 0 Å². The zero-order chi connectivity index (χ0) is 13.8. The Hall–Kier alpha value is -1.72. The van der Waals surface area contributed by atoms with Gasteiger partial charge < -0.3 is 5.32 Å². The minimum absolute atomic E-state index is 0.417. The van der Waals surface area contributed by atoms with Crippen LogP contribution in [0.5, 0.6) is 0 Å². The van der Waals surface area contributed by atoms with Crippen LogP contribution in [0.25, 0.3) is 0 Å². The van der Waals surface area contributed by atoms with Crippen molar-refractivity contribution in [3.8, 4) is 0 Å². The molecule has 1 saturated heterocycles. The number of rotatable bonds is 4. The van der Waals surface area contributed by atoms with Gasteiger partial charge in [0.1, 0.15) is 17.3 Å². The van der Waals surface area contributed by atoms with E-state index in [4.69, 9.17) is 11.6 Å². The van der Waals surface area contributed by atoms with Gasteiger partial charge in [-0.2, -0.15) is 0 Å². The van der Waals surface area contributed by atoms with Gasteiger partial charge >= 0.3 is 0 Å². The Morgan fingerprint density at radius 1 is 1.30 bits per heavy atom.